The van der Waals surface area contributed by atoms with E-state index in [0.29, 0.717) is 0 Å². The fourth-order valence-corrected chi connectivity index (χ4v) is 3.04. The summed E-state index contributed by atoms with van der Waals surface area (Å²) in [5, 5.41) is 13.3. The number of carbonyl (C=O) groups excluding carboxylic acids is 1. The molecule has 138 valence electrons. The number of carbonyl (C=O) groups is 1. The number of alkyl carbamates (subject to hydrolysis) is 1. The van der Waals surface area contributed by atoms with Crippen LogP contribution >= 0.6 is 0 Å². The van der Waals surface area contributed by atoms with Crippen LogP contribution < -0.4 is 5.32 Å². The Kier molecular flexibility index (Phi) is 5.87. The standard InChI is InChI=1S/C17H23NO7/c1-3-22-17(20)18-12-13(19)14-11(24-16(12)21-2)9-23-15(25-14)10-7-5-4-6-8-10/h4-8,11-16,19H,3,9H2,1-2H3,(H,18,20)/t11-,12-,13-,14-,15-,16+/m1/s1. The van der Waals surface area contributed by atoms with E-state index in [1.54, 1.807) is 6.92 Å². The SMILES string of the molecule is CCOC(=O)N[C@H]1[C@@H](OC)O[C@@H]2CO[C@@H](c3ccccc3)O[C@H]2[C@@H]1O. The molecule has 2 aliphatic heterocycles. The number of benzene rings is 1. The third-order valence-corrected chi connectivity index (χ3v) is 4.23. The van der Waals surface area contributed by atoms with E-state index in [1.165, 1.54) is 7.11 Å². The molecule has 2 aliphatic rings. The molecule has 0 saturated carbocycles. The third kappa shape index (κ3) is 3.94. The number of hydrogen-bond donors (Lipinski definition) is 2. The van der Waals surface area contributed by atoms with Crippen LogP contribution in [-0.4, -0.2) is 62.2 Å². The van der Waals surface area contributed by atoms with Crippen molar-refractivity contribution in [3.63, 3.8) is 0 Å². The zero-order chi connectivity index (χ0) is 17.8. The van der Waals surface area contributed by atoms with Crippen LogP contribution in [0.2, 0.25) is 0 Å². The van der Waals surface area contributed by atoms with Gasteiger partial charge in [0.15, 0.2) is 12.6 Å². The Morgan fingerprint density at radius 2 is 2.08 bits per heavy atom. The Hall–Kier alpha value is -1.71. The zero-order valence-corrected chi connectivity index (χ0v) is 14.2. The second-order valence-electron chi connectivity index (χ2n) is 5.84. The summed E-state index contributed by atoms with van der Waals surface area (Å²) < 4.78 is 27.5. The summed E-state index contributed by atoms with van der Waals surface area (Å²) >= 11 is 0. The quantitative estimate of drug-likeness (QED) is 0.832. The maximum absolute atomic E-state index is 11.7. The number of nitrogens with one attached hydrogen (secondary N) is 1. The minimum absolute atomic E-state index is 0.222. The van der Waals surface area contributed by atoms with Gasteiger partial charge in [-0.1, -0.05) is 30.3 Å². The molecule has 1 aromatic rings. The van der Waals surface area contributed by atoms with Crippen LogP contribution in [0.5, 0.6) is 0 Å². The van der Waals surface area contributed by atoms with E-state index in [0.717, 1.165) is 5.56 Å². The third-order valence-electron chi connectivity index (χ3n) is 4.23. The first-order chi connectivity index (χ1) is 12.1. The molecule has 0 spiro atoms. The molecule has 0 unspecified atom stereocenters. The van der Waals surface area contributed by atoms with Crippen LogP contribution in [0.1, 0.15) is 18.8 Å². The Morgan fingerprint density at radius 1 is 1.32 bits per heavy atom. The van der Waals surface area contributed by atoms with Gasteiger partial charge < -0.3 is 34.1 Å². The second kappa shape index (κ2) is 8.11. The van der Waals surface area contributed by atoms with Gasteiger partial charge in [0.25, 0.3) is 0 Å². The van der Waals surface area contributed by atoms with E-state index in [-0.39, 0.29) is 13.2 Å². The number of aliphatic hydroxyl groups excluding tert-OH is 1. The molecule has 2 N–H and O–H groups in total. The fourth-order valence-electron chi connectivity index (χ4n) is 3.04. The van der Waals surface area contributed by atoms with Gasteiger partial charge in [0.05, 0.1) is 13.2 Å². The molecule has 2 saturated heterocycles. The van der Waals surface area contributed by atoms with Crippen molar-refractivity contribution in [2.45, 2.75) is 43.9 Å². The Bertz CT molecular complexity index is 569. The second-order valence-corrected chi connectivity index (χ2v) is 5.84. The van der Waals surface area contributed by atoms with Crippen molar-refractivity contribution in [3.8, 4) is 0 Å². The van der Waals surface area contributed by atoms with E-state index in [2.05, 4.69) is 5.32 Å². The highest BCUT2D eigenvalue weighted by atomic mass is 16.7. The number of methoxy groups -OCH3 is 1. The van der Waals surface area contributed by atoms with Crippen molar-refractivity contribution in [1.29, 1.82) is 0 Å². The van der Waals surface area contributed by atoms with Crippen molar-refractivity contribution in [1.82, 2.24) is 5.32 Å². The molecule has 6 atom stereocenters. The van der Waals surface area contributed by atoms with Gasteiger partial charge in [0, 0.05) is 12.7 Å². The van der Waals surface area contributed by atoms with Crippen molar-refractivity contribution < 1.29 is 33.6 Å². The minimum atomic E-state index is -1.04. The smallest absolute Gasteiger partial charge is 0.407 e. The lowest BCUT2D eigenvalue weighted by Gasteiger charge is -2.47. The predicted molar refractivity (Wildman–Crippen MR) is 85.6 cm³/mol. The first-order valence-corrected chi connectivity index (χ1v) is 8.25. The first-order valence-electron chi connectivity index (χ1n) is 8.25. The normalized spacial score (nSPS) is 34.8. The van der Waals surface area contributed by atoms with Crippen molar-refractivity contribution in [3.05, 3.63) is 35.9 Å². The van der Waals surface area contributed by atoms with E-state index < -0.39 is 43.0 Å². The molecule has 2 fully saturated rings. The van der Waals surface area contributed by atoms with E-state index in [4.69, 9.17) is 23.7 Å². The summed E-state index contributed by atoms with van der Waals surface area (Å²) in [6, 6.07) is 8.61. The summed E-state index contributed by atoms with van der Waals surface area (Å²) in [5.74, 6) is 0. The van der Waals surface area contributed by atoms with Gasteiger partial charge in [-0.3, -0.25) is 0 Å². The molecule has 0 bridgehead atoms. The largest absolute Gasteiger partial charge is 0.450 e. The van der Waals surface area contributed by atoms with Crippen LogP contribution in [-0.2, 0) is 23.7 Å². The molecule has 8 heteroatoms. The van der Waals surface area contributed by atoms with Gasteiger partial charge in [-0.05, 0) is 6.92 Å². The molecule has 0 aromatic heterocycles. The lowest BCUT2D eigenvalue weighted by Crippen LogP contribution is -2.66. The van der Waals surface area contributed by atoms with Gasteiger partial charge in [0.2, 0.25) is 0 Å². The number of amides is 1. The average molecular weight is 353 g/mol. The number of aliphatic hydroxyl groups is 1. The van der Waals surface area contributed by atoms with Gasteiger partial charge in [-0.2, -0.15) is 0 Å². The van der Waals surface area contributed by atoms with Crippen LogP contribution in [0.3, 0.4) is 0 Å². The molecule has 8 nitrogen and oxygen atoms in total. The lowest BCUT2D eigenvalue weighted by atomic mass is 9.96. The lowest BCUT2D eigenvalue weighted by molar-refractivity contribution is -0.341. The monoisotopic (exact) mass is 353 g/mol. The average Bonchev–Trinajstić information content (AvgIpc) is 2.64. The maximum atomic E-state index is 11.7. The Balaban J connectivity index is 1.72. The van der Waals surface area contributed by atoms with Gasteiger partial charge in [0.1, 0.15) is 24.4 Å². The summed E-state index contributed by atoms with van der Waals surface area (Å²) in [6.07, 6.45) is -4.30. The highest BCUT2D eigenvalue weighted by molar-refractivity contribution is 5.67. The highest BCUT2D eigenvalue weighted by Crippen LogP contribution is 2.34. The summed E-state index contributed by atoms with van der Waals surface area (Å²) in [4.78, 5) is 11.7. The van der Waals surface area contributed by atoms with Crippen LogP contribution in [0.25, 0.3) is 0 Å². The highest BCUT2D eigenvalue weighted by Gasteiger charge is 2.50. The molecule has 3 rings (SSSR count). The van der Waals surface area contributed by atoms with Crippen LogP contribution in [0.15, 0.2) is 30.3 Å². The van der Waals surface area contributed by atoms with E-state index >= 15 is 0 Å². The number of fused-ring (bicyclic) bond motifs is 1. The fraction of sp³-hybridized carbons (Fsp3) is 0.588. The van der Waals surface area contributed by atoms with E-state index in [9.17, 15) is 9.90 Å². The summed E-state index contributed by atoms with van der Waals surface area (Å²) in [5.41, 5.74) is 0.844. The molecule has 1 aromatic carbocycles. The molecule has 1 amide bonds. The Morgan fingerprint density at radius 3 is 2.76 bits per heavy atom. The van der Waals surface area contributed by atoms with Crippen molar-refractivity contribution >= 4 is 6.09 Å². The van der Waals surface area contributed by atoms with Crippen molar-refractivity contribution in [2.24, 2.45) is 0 Å². The van der Waals surface area contributed by atoms with E-state index in [1.807, 2.05) is 30.3 Å². The predicted octanol–water partition coefficient (Wildman–Crippen LogP) is 0.947. The molecule has 25 heavy (non-hydrogen) atoms. The maximum Gasteiger partial charge on any atom is 0.407 e. The summed E-state index contributed by atoms with van der Waals surface area (Å²) in [7, 11) is 1.44. The zero-order valence-electron chi connectivity index (χ0n) is 14.2. The number of rotatable bonds is 4. The summed E-state index contributed by atoms with van der Waals surface area (Å²) in [6.45, 7) is 2.16. The van der Waals surface area contributed by atoms with Gasteiger partial charge >= 0.3 is 6.09 Å². The minimum Gasteiger partial charge on any atom is -0.450 e. The molecular formula is C17H23NO7. The van der Waals surface area contributed by atoms with Gasteiger partial charge in [-0.25, -0.2) is 4.79 Å². The topological polar surface area (TPSA) is 95.5 Å². The number of ether oxygens (including phenoxy) is 5. The molecular weight excluding hydrogens is 330 g/mol. The van der Waals surface area contributed by atoms with Gasteiger partial charge in [-0.15, -0.1) is 0 Å². The van der Waals surface area contributed by atoms with Crippen molar-refractivity contribution in [2.75, 3.05) is 20.3 Å². The molecule has 0 aliphatic carbocycles. The molecule has 0 radical (unpaired) electrons. The Labute approximate surface area is 146 Å². The molecule has 2 heterocycles. The van der Waals surface area contributed by atoms with Crippen LogP contribution in [0.4, 0.5) is 4.79 Å². The number of hydrogen-bond acceptors (Lipinski definition) is 7. The van der Waals surface area contributed by atoms with Crippen LogP contribution in [0, 0.1) is 0 Å². The first kappa shape index (κ1) is 18.1.